The van der Waals surface area contributed by atoms with Gasteiger partial charge in [-0.15, -0.1) is 0 Å². The lowest BCUT2D eigenvalue weighted by atomic mass is 9.95. The zero-order chi connectivity index (χ0) is 21.9. The lowest BCUT2D eigenvalue weighted by Crippen LogP contribution is -2.60. The Kier molecular flexibility index (Phi) is 6.81. The van der Waals surface area contributed by atoms with Gasteiger partial charge in [-0.2, -0.15) is 0 Å². The van der Waals surface area contributed by atoms with Gasteiger partial charge < -0.3 is 15.0 Å². The summed E-state index contributed by atoms with van der Waals surface area (Å²) in [7, 11) is 0. The van der Waals surface area contributed by atoms with E-state index in [1.54, 1.807) is 11.0 Å². The summed E-state index contributed by atoms with van der Waals surface area (Å²) in [4.78, 5) is 42.2. The van der Waals surface area contributed by atoms with Gasteiger partial charge >= 0.3 is 0 Å². The number of ether oxygens (including phenoxy) is 1. The number of amides is 3. The average molecular weight is 416 g/mol. The van der Waals surface area contributed by atoms with Gasteiger partial charge in [0.25, 0.3) is 5.91 Å². The van der Waals surface area contributed by atoms with Crippen molar-refractivity contribution in [3.63, 3.8) is 0 Å². The Morgan fingerprint density at radius 3 is 2.47 bits per heavy atom. The Balaban J connectivity index is 1.89. The normalized spacial score (nSPS) is 20.6. The molecule has 2 fully saturated rings. The van der Waals surface area contributed by atoms with Crippen LogP contribution >= 0.6 is 0 Å². The van der Waals surface area contributed by atoms with E-state index in [9.17, 15) is 14.4 Å². The fraction of sp³-hybridized carbons (Fsp3) is 0.609. The van der Waals surface area contributed by atoms with E-state index < -0.39 is 11.8 Å². The molecule has 0 saturated carbocycles. The Morgan fingerprint density at radius 1 is 1.20 bits per heavy atom. The number of carbonyl (C=O) groups excluding carboxylic acids is 3. The first-order valence-corrected chi connectivity index (χ1v) is 10.9. The molecule has 1 unspecified atom stereocenters. The molecule has 7 nitrogen and oxygen atoms in total. The highest BCUT2D eigenvalue weighted by Crippen LogP contribution is 2.39. The van der Waals surface area contributed by atoms with Crippen molar-refractivity contribution >= 4 is 17.7 Å². The van der Waals surface area contributed by atoms with Gasteiger partial charge in [0.2, 0.25) is 11.8 Å². The molecule has 0 radical (unpaired) electrons. The number of aryl methyl sites for hydroxylation is 1. The fourth-order valence-electron chi connectivity index (χ4n) is 4.26. The molecule has 0 bridgehead atoms. The van der Waals surface area contributed by atoms with Crippen LogP contribution < -0.4 is 5.32 Å². The molecule has 0 aromatic heterocycles. The fourth-order valence-corrected chi connectivity index (χ4v) is 4.26. The molecule has 1 aromatic carbocycles. The molecule has 1 atom stereocenters. The molecule has 1 N–H and O–H groups in total. The van der Waals surface area contributed by atoms with E-state index in [0.29, 0.717) is 50.4 Å². The molecule has 2 heterocycles. The molecule has 3 rings (SSSR count). The summed E-state index contributed by atoms with van der Waals surface area (Å²) < 4.78 is 6.19. The van der Waals surface area contributed by atoms with Gasteiger partial charge in [-0.25, -0.2) is 0 Å². The third-order valence-corrected chi connectivity index (χ3v) is 6.04. The van der Waals surface area contributed by atoms with Gasteiger partial charge in [0.1, 0.15) is 11.8 Å². The molecule has 1 aromatic rings. The van der Waals surface area contributed by atoms with Crippen molar-refractivity contribution in [2.24, 2.45) is 5.92 Å². The molecule has 3 amide bonds. The highest BCUT2D eigenvalue weighted by atomic mass is 16.5. The minimum atomic E-state index is -0.857. The summed E-state index contributed by atoms with van der Waals surface area (Å²) in [5, 5.41) is 2.96. The van der Waals surface area contributed by atoms with Gasteiger partial charge in [0.05, 0.1) is 6.61 Å². The predicted octanol–water partition coefficient (Wildman–Crippen LogP) is 2.34. The number of hydrogen-bond donors (Lipinski definition) is 1. The Hall–Kier alpha value is -2.41. The standard InChI is InChI=1S/C23H33N3O4/c1-5-20(27)25-12-10-23(11-13-25)26(22(29)18-9-7-6-8-17(18)4)19(15-30-23)21(28)24-14-16(2)3/h6-9,16,19H,5,10-15H2,1-4H3,(H,24,28). The number of carbonyl (C=O) groups is 3. The highest BCUT2D eigenvalue weighted by molar-refractivity contribution is 5.99. The van der Waals surface area contributed by atoms with E-state index in [1.807, 2.05) is 50.8 Å². The first-order valence-electron chi connectivity index (χ1n) is 10.9. The van der Waals surface area contributed by atoms with Crippen LogP contribution in [0.4, 0.5) is 0 Å². The number of nitrogens with one attached hydrogen (secondary N) is 1. The highest BCUT2D eigenvalue weighted by Gasteiger charge is 2.54. The quantitative estimate of drug-likeness (QED) is 0.801. The van der Waals surface area contributed by atoms with Crippen LogP contribution in [0.2, 0.25) is 0 Å². The lowest BCUT2D eigenvalue weighted by molar-refractivity contribution is -0.143. The maximum atomic E-state index is 13.7. The van der Waals surface area contributed by atoms with Crippen LogP contribution in [0.15, 0.2) is 24.3 Å². The van der Waals surface area contributed by atoms with Gasteiger partial charge in [-0.05, 0) is 24.5 Å². The van der Waals surface area contributed by atoms with Crippen molar-refractivity contribution in [3.05, 3.63) is 35.4 Å². The number of hydrogen-bond acceptors (Lipinski definition) is 4. The van der Waals surface area contributed by atoms with E-state index in [1.165, 1.54) is 0 Å². The van der Waals surface area contributed by atoms with Crippen molar-refractivity contribution in [2.45, 2.75) is 58.7 Å². The number of piperidine rings is 1. The van der Waals surface area contributed by atoms with Crippen LogP contribution in [-0.4, -0.2) is 65.5 Å². The summed E-state index contributed by atoms with van der Waals surface area (Å²) in [6, 6.07) is 6.74. The molecule has 2 aliphatic rings. The van der Waals surface area contributed by atoms with Crippen molar-refractivity contribution in [2.75, 3.05) is 26.2 Å². The third kappa shape index (κ3) is 4.36. The zero-order valence-corrected chi connectivity index (χ0v) is 18.4. The number of nitrogens with zero attached hydrogens (tertiary/aromatic N) is 2. The summed E-state index contributed by atoms with van der Waals surface area (Å²) in [6.07, 6.45) is 1.47. The van der Waals surface area contributed by atoms with Gasteiger partial charge in [0, 0.05) is 44.5 Å². The van der Waals surface area contributed by atoms with Crippen LogP contribution in [-0.2, 0) is 14.3 Å². The van der Waals surface area contributed by atoms with E-state index in [0.717, 1.165) is 5.56 Å². The van der Waals surface area contributed by atoms with Crippen molar-refractivity contribution < 1.29 is 19.1 Å². The number of likely N-dealkylation sites (tertiary alicyclic amines) is 1. The summed E-state index contributed by atoms with van der Waals surface area (Å²) in [5.41, 5.74) is 0.588. The Bertz CT molecular complexity index is 799. The van der Waals surface area contributed by atoms with E-state index in [2.05, 4.69) is 5.32 Å². The second kappa shape index (κ2) is 9.16. The molecule has 2 aliphatic heterocycles. The molecular formula is C23H33N3O4. The number of rotatable bonds is 5. The topological polar surface area (TPSA) is 79.0 Å². The molecule has 2 saturated heterocycles. The van der Waals surface area contributed by atoms with Gasteiger partial charge in [-0.1, -0.05) is 39.0 Å². The third-order valence-electron chi connectivity index (χ3n) is 6.04. The summed E-state index contributed by atoms with van der Waals surface area (Å²) in [6.45, 7) is 9.56. The van der Waals surface area contributed by atoms with E-state index in [4.69, 9.17) is 4.74 Å². The average Bonchev–Trinajstić information content (AvgIpc) is 3.10. The molecule has 30 heavy (non-hydrogen) atoms. The first kappa shape index (κ1) is 22.3. The van der Waals surface area contributed by atoms with Crippen LogP contribution in [0.5, 0.6) is 0 Å². The smallest absolute Gasteiger partial charge is 0.257 e. The van der Waals surface area contributed by atoms with Crippen molar-refractivity contribution in [3.8, 4) is 0 Å². The molecule has 164 valence electrons. The van der Waals surface area contributed by atoms with Crippen LogP contribution in [0, 0.1) is 12.8 Å². The summed E-state index contributed by atoms with van der Waals surface area (Å²) in [5.74, 6) is 0.0417. The van der Waals surface area contributed by atoms with Gasteiger partial charge in [-0.3, -0.25) is 19.3 Å². The van der Waals surface area contributed by atoms with Crippen LogP contribution in [0.1, 0.15) is 56.0 Å². The molecule has 1 spiro atoms. The van der Waals surface area contributed by atoms with E-state index >= 15 is 0 Å². The number of benzene rings is 1. The monoisotopic (exact) mass is 415 g/mol. The first-order chi connectivity index (χ1) is 14.3. The second-order valence-electron chi connectivity index (χ2n) is 8.64. The van der Waals surface area contributed by atoms with Crippen LogP contribution in [0.25, 0.3) is 0 Å². The summed E-state index contributed by atoms with van der Waals surface area (Å²) >= 11 is 0. The van der Waals surface area contributed by atoms with E-state index in [-0.39, 0.29) is 24.3 Å². The van der Waals surface area contributed by atoms with Crippen molar-refractivity contribution in [1.82, 2.24) is 15.1 Å². The molecule has 0 aliphatic carbocycles. The SMILES string of the molecule is CCC(=O)N1CCC2(CC1)OCC(C(=O)NCC(C)C)N2C(=O)c1ccccc1C. The van der Waals surface area contributed by atoms with Crippen molar-refractivity contribution in [1.29, 1.82) is 0 Å². The molecular weight excluding hydrogens is 382 g/mol. The maximum absolute atomic E-state index is 13.7. The minimum Gasteiger partial charge on any atom is -0.354 e. The minimum absolute atomic E-state index is 0.103. The lowest BCUT2D eigenvalue weighted by Gasteiger charge is -2.44. The predicted molar refractivity (Wildman–Crippen MR) is 114 cm³/mol. The van der Waals surface area contributed by atoms with Gasteiger partial charge in [0.15, 0.2) is 0 Å². The van der Waals surface area contributed by atoms with Crippen LogP contribution in [0.3, 0.4) is 0 Å². The Labute approximate surface area is 178 Å². The zero-order valence-electron chi connectivity index (χ0n) is 18.4. The second-order valence-corrected chi connectivity index (χ2v) is 8.64. The molecule has 7 heteroatoms. The maximum Gasteiger partial charge on any atom is 0.257 e. The Morgan fingerprint density at radius 2 is 1.87 bits per heavy atom. The largest absolute Gasteiger partial charge is 0.354 e.